The molecule has 0 atom stereocenters. The fourth-order valence-electron chi connectivity index (χ4n) is 2.89. The van der Waals surface area contributed by atoms with Crippen molar-refractivity contribution < 1.29 is 9.59 Å². The van der Waals surface area contributed by atoms with E-state index < -0.39 is 0 Å². The van der Waals surface area contributed by atoms with Crippen molar-refractivity contribution >= 4 is 28.8 Å². The lowest BCUT2D eigenvalue weighted by Gasteiger charge is -2.04. The fraction of sp³-hybridized carbons (Fsp3) is 0.316. The number of carbonyl (C=O) groups excluding carboxylic acids is 2. The van der Waals surface area contributed by atoms with E-state index in [4.69, 9.17) is 0 Å². The average molecular weight is 398 g/mol. The summed E-state index contributed by atoms with van der Waals surface area (Å²) in [5.74, 6) is -0.726. The molecule has 0 aliphatic rings. The lowest BCUT2D eigenvalue weighted by molar-refractivity contribution is 0.0951. The smallest absolute Gasteiger partial charge is 0.286 e. The Labute approximate surface area is 167 Å². The maximum atomic E-state index is 12.3. The van der Waals surface area contributed by atoms with Gasteiger partial charge in [0.05, 0.1) is 5.69 Å². The summed E-state index contributed by atoms with van der Waals surface area (Å²) in [6.07, 6.45) is 0.684. The number of aromatic nitrogens is 4. The second-order valence-corrected chi connectivity index (χ2v) is 7.18. The van der Waals surface area contributed by atoms with E-state index in [2.05, 4.69) is 25.9 Å². The van der Waals surface area contributed by atoms with Crippen molar-refractivity contribution in [2.24, 2.45) is 0 Å². The van der Waals surface area contributed by atoms with Crippen molar-refractivity contribution in [3.63, 3.8) is 0 Å². The number of nitrogens with one attached hydrogen (secondary N) is 2. The van der Waals surface area contributed by atoms with Gasteiger partial charge in [0.1, 0.15) is 0 Å². The summed E-state index contributed by atoms with van der Waals surface area (Å²) in [6.45, 7) is 7.33. The average Bonchev–Trinajstić information content (AvgIpc) is 3.29. The van der Waals surface area contributed by atoms with Gasteiger partial charge in [0.25, 0.3) is 11.8 Å². The van der Waals surface area contributed by atoms with Gasteiger partial charge < -0.3 is 10.6 Å². The quantitative estimate of drug-likeness (QED) is 0.637. The molecule has 2 aromatic heterocycles. The molecule has 3 rings (SSSR count). The molecular weight excluding hydrogens is 376 g/mol. The molecule has 2 amide bonds. The standard InChI is InChI=1S/C19H22N6O2S/c1-4-25-13(3)15(12(2)24-25)10-11-20-16(26)18-22-23-19(28-18)17(27)21-14-8-6-5-7-9-14/h5-9H,4,10-11H2,1-3H3,(H,20,26)(H,21,27). The minimum atomic E-state index is -0.388. The molecule has 0 unspecified atom stereocenters. The molecule has 3 aromatic rings. The van der Waals surface area contributed by atoms with Crippen LogP contribution in [0.15, 0.2) is 30.3 Å². The van der Waals surface area contributed by atoms with Crippen LogP contribution >= 0.6 is 11.3 Å². The number of rotatable bonds is 7. The molecule has 9 heteroatoms. The molecule has 0 saturated heterocycles. The number of hydrogen-bond donors (Lipinski definition) is 2. The Bertz CT molecular complexity index is 980. The fourth-order valence-corrected chi connectivity index (χ4v) is 3.55. The Morgan fingerprint density at radius 3 is 2.39 bits per heavy atom. The normalized spacial score (nSPS) is 10.7. The first kappa shape index (κ1) is 19.7. The van der Waals surface area contributed by atoms with Crippen molar-refractivity contribution in [2.45, 2.75) is 33.7 Å². The Morgan fingerprint density at radius 1 is 1.07 bits per heavy atom. The largest absolute Gasteiger partial charge is 0.350 e. The number of para-hydroxylation sites is 1. The first-order valence-corrected chi connectivity index (χ1v) is 9.82. The molecule has 8 nitrogen and oxygen atoms in total. The van der Waals surface area contributed by atoms with Crippen molar-refractivity contribution in [1.82, 2.24) is 25.3 Å². The van der Waals surface area contributed by atoms with Crippen LogP contribution in [0.3, 0.4) is 0 Å². The van der Waals surface area contributed by atoms with Crippen LogP contribution in [-0.2, 0) is 13.0 Å². The van der Waals surface area contributed by atoms with Gasteiger partial charge in [-0.25, -0.2) is 0 Å². The number of amides is 2. The van der Waals surface area contributed by atoms with Gasteiger partial charge in [-0.1, -0.05) is 29.5 Å². The molecule has 0 saturated carbocycles. The van der Waals surface area contributed by atoms with E-state index in [9.17, 15) is 9.59 Å². The van der Waals surface area contributed by atoms with E-state index in [0.717, 1.165) is 34.8 Å². The van der Waals surface area contributed by atoms with Crippen molar-refractivity contribution in [3.05, 3.63) is 57.3 Å². The van der Waals surface area contributed by atoms with Crippen molar-refractivity contribution in [3.8, 4) is 0 Å². The van der Waals surface area contributed by atoms with Crippen LogP contribution in [0.2, 0.25) is 0 Å². The Hall–Kier alpha value is -3.07. The maximum absolute atomic E-state index is 12.3. The summed E-state index contributed by atoms with van der Waals surface area (Å²) in [5.41, 5.74) is 3.89. The highest BCUT2D eigenvalue weighted by Crippen LogP contribution is 2.15. The van der Waals surface area contributed by atoms with Crippen LogP contribution in [-0.4, -0.2) is 38.3 Å². The number of hydrogen-bond acceptors (Lipinski definition) is 6. The lowest BCUT2D eigenvalue weighted by Crippen LogP contribution is -2.25. The minimum absolute atomic E-state index is 0.143. The number of benzene rings is 1. The summed E-state index contributed by atoms with van der Waals surface area (Å²) in [5, 5.41) is 18.0. The zero-order valence-corrected chi connectivity index (χ0v) is 16.8. The number of anilines is 1. The van der Waals surface area contributed by atoms with Crippen molar-refractivity contribution in [1.29, 1.82) is 0 Å². The van der Waals surface area contributed by atoms with Crippen LogP contribution in [0.1, 0.15) is 43.5 Å². The van der Waals surface area contributed by atoms with Crippen LogP contribution in [0.5, 0.6) is 0 Å². The summed E-state index contributed by atoms with van der Waals surface area (Å²) in [4.78, 5) is 24.5. The maximum Gasteiger partial charge on any atom is 0.286 e. The van der Waals surface area contributed by atoms with Crippen LogP contribution in [0.25, 0.3) is 0 Å². The van der Waals surface area contributed by atoms with Gasteiger partial charge in [-0.05, 0) is 44.9 Å². The molecule has 1 aromatic carbocycles. The molecule has 28 heavy (non-hydrogen) atoms. The molecule has 0 spiro atoms. The molecule has 2 heterocycles. The highest BCUT2D eigenvalue weighted by atomic mass is 32.1. The monoisotopic (exact) mass is 398 g/mol. The Morgan fingerprint density at radius 2 is 1.75 bits per heavy atom. The molecule has 2 N–H and O–H groups in total. The lowest BCUT2D eigenvalue weighted by atomic mass is 10.1. The zero-order valence-electron chi connectivity index (χ0n) is 16.0. The molecule has 0 fully saturated rings. The van der Waals surface area contributed by atoms with Gasteiger partial charge in [0.2, 0.25) is 10.0 Å². The number of carbonyl (C=O) groups is 2. The van der Waals surface area contributed by atoms with E-state index in [0.29, 0.717) is 18.7 Å². The Kier molecular flexibility index (Phi) is 6.15. The molecule has 0 bridgehead atoms. The topological polar surface area (TPSA) is 102 Å². The van der Waals surface area contributed by atoms with Crippen LogP contribution in [0.4, 0.5) is 5.69 Å². The molecular formula is C19H22N6O2S. The second kappa shape index (κ2) is 8.75. The van der Waals surface area contributed by atoms with Crippen molar-refractivity contribution in [2.75, 3.05) is 11.9 Å². The van der Waals surface area contributed by atoms with Gasteiger partial charge in [-0.2, -0.15) is 5.10 Å². The first-order chi connectivity index (χ1) is 13.5. The highest BCUT2D eigenvalue weighted by Gasteiger charge is 2.18. The third-order valence-corrected chi connectivity index (χ3v) is 5.26. The number of aryl methyl sites for hydroxylation is 2. The minimum Gasteiger partial charge on any atom is -0.350 e. The summed E-state index contributed by atoms with van der Waals surface area (Å²) in [7, 11) is 0. The van der Waals surface area contributed by atoms with E-state index in [-0.39, 0.29) is 21.8 Å². The van der Waals surface area contributed by atoms with E-state index in [1.807, 2.05) is 43.7 Å². The Balaban J connectivity index is 1.56. The molecule has 0 radical (unpaired) electrons. The van der Waals surface area contributed by atoms with Crippen LogP contribution < -0.4 is 10.6 Å². The zero-order chi connectivity index (χ0) is 20.1. The van der Waals surface area contributed by atoms with Gasteiger partial charge in [-0.15, -0.1) is 10.2 Å². The summed E-state index contributed by atoms with van der Waals surface area (Å²) >= 11 is 0.966. The predicted molar refractivity (Wildman–Crippen MR) is 108 cm³/mol. The molecule has 0 aliphatic heterocycles. The highest BCUT2D eigenvalue weighted by molar-refractivity contribution is 7.15. The number of nitrogens with zero attached hydrogens (tertiary/aromatic N) is 4. The SMILES string of the molecule is CCn1nc(C)c(CCNC(=O)c2nnc(C(=O)Nc3ccccc3)s2)c1C. The summed E-state index contributed by atoms with van der Waals surface area (Å²) in [6, 6.07) is 9.05. The third-order valence-electron chi connectivity index (χ3n) is 4.34. The first-order valence-electron chi connectivity index (χ1n) is 9.00. The van der Waals surface area contributed by atoms with Gasteiger partial charge >= 0.3 is 0 Å². The second-order valence-electron chi connectivity index (χ2n) is 6.20. The van der Waals surface area contributed by atoms with Gasteiger partial charge in [0.15, 0.2) is 0 Å². The van der Waals surface area contributed by atoms with E-state index in [1.54, 1.807) is 12.1 Å². The molecule has 0 aliphatic carbocycles. The molecule has 146 valence electrons. The van der Waals surface area contributed by atoms with Gasteiger partial charge in [-0.3, -0.25) is 14.3 Å². The van der Waals surface area contributed by atoms with E-state index >= 15 is 0 Å². The van der Waals surface area contributed by atoms with Crippen LogP contribution in [0, 0.1) is 13.8 Å². The van der Waals surface area contributed by atoms with Gasteiger partial charge in [0, 0.05) is 24.5 Å². The third kappa shape index (κ3) is 4.42. The van der Waals surface area contributed by atoms with E-state index in [1.165, 1.54) is 0 Å². The summed E-state index contributed by atoms with van der Waals surface area (Å²) < 4.78 is 1.95. The predicted octanol–water partition coefficient (Wildman–Crippen LogP) is 2.60.